The largest absolute Gasteiger partial charge is 0.497 e. The Morgan fingerprint density at radius 1 is 1.04 bits per heavy atom. The minimum absolute atomic E-state index is 0.0450. The fraction of sp³-hybridized carbons (Fsp3) is 0.0952. The number of aromatic nitrogens is 1. The molecule has 6 nitrogen and oxygen atoms in total. The third-order valence-electron chi connectivity index (χ3n) is 3.98. The van der Waals surface area contributed by atoms with Crippen LogP contribution in [0.15, 0.2) is 59.4 Å². The van der Waals surface area contributed by atoms with Gasteiger partial charge in [0.25, 0.3) is 5.56 Å². The lowest BCUT2D eigenvalue weighted by atomic mass is 10.0. The second-order valence-electron chi connectivity index (χ2n) is 5.82. The van der Waals surface area contributed by atoms with Gasteiger partial charge in [-0.1, -0.05) is 12.1 Å². The molecule has 0 amide bonds. The van der Waals surface area contributed by atoms with Gasteiger partial charge in [-0.15, -0.1) is 0 Å². The number of hydrogen-bond donors (Lipinski definition) is 1. The van der Waals surface area contributed by atoms with Crippen LogP contribution < -0.4 is 15.0 Å². The van der Waals surface area contributed by atoms with Crippen LogP contribution in [0.2, 0.25) is 0 Å². The molecule has 134 valence electrons. The topological polar surface area (TPSA) is 92.2 Å². The first-order valence-corrected chi connectivity index (χ1v) is 8.12. The molecule has 0 saturated carbocycles. The molecule has 27 heavy (non-hydrogen) atoms. The molecule has 1 aromatic heterocycles. The minimum Gasteiger partial charge on any atom is -0.497 e. The van der Waals surface area contributed by atoms with Crippen LogP contribution in [0.4, 0.5) is 0 Å². The van der Waals surface area contributed by atoms with Gasteiger partial charge >= 0.3 is 5.97 Å². The van der Waals surface area contributed by atoms with Gasteiger partial charge in [0.1, 0.15) is 23.1 Å². The van der Waals surface area contributed by atoms with Crippen molar-refractivity contribution in [3.05, 3.63) is 81.8 Å². The zero-order valence-corrected chi connectivity index (χ0v) is 14.8. The molecule has 0 radical (unpaired) electrons. The fourth-order valence-electron chi connectivity index (χ4n) is 2.62. The zero-order valence-electron chi connectivity index (χ0n) is 14.8. The molecule has 3 aromatic rings. The van der Waals surface area contributed by atoms with Crippen molar-refractivity contribution in [3.63, 3.8) is 0 Å². The Labute approximate surface area is 155 Å². The quantitative estimate of drug-likeness (QED) is 0.568. The van der Waals surface area contributed by atoms with Gasteiger partial charge in [0.05, 0.1) is 12.7 Å². The number of ether oxygens (including phenoxy) is 2. The highest BCUT2D eigenvalue weighted by molar-refractivity contribution is 5.91. The van der Waals surface area contributed by atoms with Crippen LogP contribution in [0, 0.1) is 18.3 Å². The summed E-state index contributed by atoms with van der Waals surface area (Å²) in [5.41, 5.74) is 1.89. The van der Waals surface area contributed by atoms with Gasteiger partial charge in [-0.2, -0.15) is 5.26 Å². The molecule has 0 spiro atoms. The summed E-state index contributed by atoms with van der Waals surface area (Å²) in [7, 11) is 1.55. The molecule has 1 heterocycles. The molecule has 0 unspecified atom stereocenters. The van der Waals surface area contributed by atoms with Gasteiger partial charge in [0.15, 0.2) is 0 Å². The van der Waals surface area contributed by atoms with E-state index in [1.165, 1.54) is 0 Å². The van der Waals surface area contributed by atoms with Crippen LogP contribution in [-0.2, 0) is 0 Å². The van der Waals surface area contributed by atoms with Crippen LogP contribution in [0.5, 0.6) is 11.5 Å². The van der Waals surface area contributed by atoms with Gasteiger partial charge in [0, 0.05) is 11.3 Å². The molecule has 6 heteroatoms. The highest BCUT2D eigenvalue weighted by atomic mass is 16.5. The average Bonchev–Trinajstić information content (AvgIpc) is 2.68. The smallest absolute Gasteiger partial charge is 0.343 e. The first-order chi connectivity index (χ1) is 13.0. The van der Waals surface area contributed by atoms with Crippen molar-refractivity contribution in [1.82, 2.24) is 4.98 Å². The normalized spacial score (nSPS) is 10.1. The Morgan fingerprint density at radius 3 is 2.26 bits per heavy atom. The lowest BCUT2D eigenvalue weighted by Gasteiger charge is -2.08. The highest BCUT2D eigenvalue weighted by Gasteiger charge is 2.12. The number of nitrogens with zero attached hydrogens (tertiary/aromatic N) is 1. The third kappa shape index (κ3) is 3.88. The summed E-state index contributed by atoms with van der Waals surface area (Å²) in [6.07, 6.45) is 0. The van der Waals surface area contributed by atoms with E-state index in [0.29, 0.717) is 33.9 Å². The maximum absolute atomic E-state index is 12.2. The van der Waals surface area contributed by atoms with Gasteiger partial charge in [-0.3, -0.25) is 4.79 Å². The van der Waals surface area contributed by atoms with E-state index >= 15 is 0 Å². The van der Waals surface area contributed by atoms with Gasteiger partial charge < -0.3 is 14.5 Å². The summed E-state index contributed by atoms with van der Waals surface area (Å²) >= 11 is 0. The number of esters is 1. The Morgan fingerprint density at radius 2 is 1.67 bits per heavy atom. The van der Waals surface area contributed by atoms with Crippen molar-refractivity contribution in [2.75, 3.05) is 7.11 Å². The minimum atomic E-state index is -0.491. The first kappa shape index (κ1) is 18.0. The second-order valence-corrected chi connectivity index (χ2v) is 5.82. The molecular weight excluding hydrogens is 344 g/mol. The summed E-state index contributed by atoms with van der Waals surface area (Å²) in [4.78, 5) is 26.7. The molecule has 0 bridgehead atoms. The number of hydrogen-bond acceptors (Lipinski definition) is 5. The van der Waals surface area contributed by atoms with E-state index in [4.69, 9.17) is 9.47 Å². The summed E-state index contributed by atoms with van der Waals surface area (Å²) in [5.74, 6) is 0.520. The number of nitrogens with one attached hydrogen (secondary N) is 1. The summed E-state index contributed by atoms with van der Waals surface area (Å²) < 4.78 is 10.4. The lowest BCUT2D eigenvalue weighted by molar-refractivity contribution is 0.0734. The molecular formula is C21H16N2O4. The Bertz CT molecular complexity index is 1080. The van der Waals surface area contributed by atoms with Crippen molar-refractivity contribution in [2.24, 2.45) is 0 Å². The summed E-state index contributed by atoms with van der Waals surface area (Å²) in [6, 6.07) is 16.9. The number of carbonyl (C=O) groups is 1. The van der Waals surface area contributed by atoms with Crippen molar-refractivity contribution in [3.8, 4) is 28.7 Å². The Kier molecular flexibility index (Phi) is 5.04. The van der Waals surface area contributed by atoms with Gasteiger partial charge in [-0.25, -0.2) is 4.79 Å². The number of nitriles is 1. The van der Waals surface area contributed by atoms with E-state index in [9.17, 15) is 14.9 Å². The highest BCUT2D eigenvalue weighted by Crippen LogP contribution is 2.25. The lowest BCUT2D eigenvalue weighted by Crippen LogP contribution is -2.12. The molecule has 0 aliphatic carbocycles. The maximum Gasteiger partial charge on any atom is 0.343 e. The summed E-state index contributed by atoms with van der Waals surface area (Å²) in [6.45, 7) is 1.75. The Hall–Kier alpha value is -3.85. The molecule has 0 saturated heterocycles. The second kappa shape index (κ2) is 7.58. The number of rotatable bonds is 4. The zero-order chi connectivity index (χ0) is 19.4. The predicted octanol–water partition coefficient (Wildman–Crippen LogP) is 3.45. The fourth-order valence-corrected chi connectivity index (χ4v) is 2.62. The van der Waals surface area contributed by atoms with Crippen LogP contribution in [0.1, 0.15) is 21.6 Å². The molecule has 2 aromatic carbocycles. The van der Waals surface area contributed by atoms with E-state index < -0.39 is 11.5 Å². The van der Waals surface area contributed by atoms with E-state index in [-0.39, 0.29) is 5.56 Å². The molecule has 0 atom stereocenters. The standard InChI is InChI=1S/C21H16N2O4/c1-13-11-18(19(12-22)20(24)23-13)14-3-9-17(10-4-14)27-21(25)15-5-7-16(26-2)8-6-15/h3-11H,1-2H3,(H,23,24). The van der Waals surface area contributed by atoms with Gasteiger partial charge in [0.2, 0.25) is 0 Å². The number of pyridine rings is 1. The SMILES string of the molecule is COc1ccc(C(=O)Oc2ccc(-c3cc(C)[nH]c(=O)c3C#N)cc2)cc1. The molecule has 3 rings (SSSR count). The van der Waals surface area contributed by atoms with E-state index in [0.717, 1.165) is 0 Å². The molecule has 0 aliphatic rings. The number of methoxy groups -OCH3 is 1. The molecule has 1 N–H and O–H groups in total. The molecule has 0 fully saturated rings. The van der Waals surface area contributed by atoms with Crippen LogP contribution >= 0.6 is 0 Å². The van der Waals surface area contributed by atoms with Crippen molar-refractivity contribution >= 4 is 5.97 Å². The Balaban J connectivity index is 1.83. The third-order valence-corrected chi connectivity index (χ3v) is 3.98. The summed E-state index contributed by atoms with van der Waals surface area (Å²) in [5, 5.41) is 9.24. The van der Waals surface area contributed by atoms with E-state index in [2.05, 4.69) is 4.98 Å². The van der Waals surface area contributed by atoms with Crippen molar-refractivity contribution < 1.29 is 14.3 Å². The monoisotopic (exact) mass is 360 g/mol. The number of benzene rings is 2. The molecule has 0 aliphatic heterocycles. The van der Waals surface area contributed by atoms with E-state index in [1.54, 1.807) is 68.6 Å². The van der Waals surface area contributed by atoms with Gasteiger partial charge in [-0.05, 0) is 55.0 Å². The number of H-pyrrole nitrogens is 1. The van der Waals surface area contributed by atoms with Crippen LogP contribution in [0.25, 0.3) is 11.1 Å². The first-order valence-electron chi connectivity index (χ1n) is 8.12. The van der Waals surface area contributed by atoms with E-state index in [1.807, 2.05) is 6.07 Å². The van der Waals surface area contributed by atoms with Crippen LogP contribution in [-0.4, -0.2) is 18.1 Å². The maximum atomic E-state index is 12.2. The average molecular weight is 360 g/mol. The number of aryl methyl sites for hydroxylation is 1. The van der Waals surface area contributed by atoms with Crippen LogP contribution in [0.3, 0.4) is 0 Å². The predicted molar refractivity (Wildman–Crippen MR) is 99.9 cm³/mol. The van der Waals surface area contributed by atoms with Crippen molar-refractivity contribution in [2.45, 2.75) is 6.92 Å². The number of aromatic amines is 1. The van der Waals surface area contributed by atoms with Crippen molar-refractivity contribution in [1.29, 1.82) is 5.26 Å². The number of carbonyl (C=O) groups excluding carboxylic acids is 1.